The summed E-state index contributed by atoms with van der Waals surface area (Å²) in [6, 6.07) is 7.15. The summed E-state index contributed by atoms with van der Waals surface area (Å²) in [5, 5.41) is 0. The fourth-order valence-electron chi connectivity index (χ4n) is 7.50. The summed E-state index contributed by atoms with van der Waals surface area (Å²) in [6.45, 7) is 8.80. The molecule has 1 aromatic rings. The van der Waals surface area contributed by atoms with E-state index in [0.29, 0.717) is 11.3 Å². The van der Waals surface area contributed by atoms with Crippen molar-refractivity contribution in [3.63, 3.8) is 0 Å². The van der Waals surface area contributed by atoms with Crippen molar-refractivity contribution in [2.24, 2.45) is 23.2 Å². The minimum absolute atomic E-state index is 0.397. The third-order valence-electron chi connectivity index (χ3n) is 9.16. The average Bonchev–Trinajstić information content (AvgIpc) is 3.14. The fraction of sp³-hybridized carbons (Fsp3) is 0.533. The summed E-state index contributed by atoms with van der Waals surface area (Å²) in [5.41, 5.74) is 8.02. The van der Waals surface area contributed by atoms with E-state index in [1.165, 1.54) is 68.9 Å². The first kappa shape index (κ1) is 20.1. The first-order valence-electron chi connectivity index (χ1n) is 12.4. The summed E-state index contributed by atoms with van der Waals surface area (Å²) >= 11 is 0. The zero-order chi connectivity index (χ0) is 20.7. The predicted molar refractivity (Wildman–Crippen MR) is 130 cm³/mol. The molecule has 0 amide bonds. The molecule has 5 rings (SSSR count). The van der Waals surface area contributed by atoms with E-state index in [0.717, 1.165) is 17.8 Å². The SMILES string of the molecule is C=Cc1cc(C2CCC3C2CC=C2C=C4CCCCC4CC[C@@]23C)ccc1/C=C\C. The summed E-state index contributed by atoms with van der Waals surface area (Å²) in [6.07, 6.45) is 24.2. The smallest absolute Gasteiger partial charge is 0.00470 e. The monoisotopic (exact) mass is 398 g/mol. The van der Waals surface area contributed by atoms with E-state index in [2.05, 4.69) is 62.9 Å². The normalized spacial score (nSPS) is 35.7. The quantitative estimate of drug-likeness (QED) is 0.477. The van der Waals surface area contributed by atoms with Gasteiger partial charge in [0, 0.05) is 0 Å². The molecule has 1 aromatic carbocycles. The van der Waals surface area contributed by atoms with Crippen molar-refractivity contribution in [2.45, 2.75) is 77.6 Å². The van der Waals surface area contributed by atoms with Crippen LogP contribution in [-0.4, -0.2) is 0 Å². The predicted octanol–water partition coefficient (Wildman–Crippen LogP) is 8.72. The van der Waals surface area contributed by atoms with Gasteiger partial charge in [-0.3, -0.25) is 0 Å². The van der Waals surface area contributed by atoms with Crippen molar-refractivity contribution in [2.75, 3.05) is 0 Å². The van der Waals surface area contributed by atoms with Gasteiger partial charge >= 0.3 is 0 Å². The van der Waals surface area contributed by atoms with Crippen LogP contribution in [0.2, 0.25) is 0 Å². The fourth-order valence-corrected chi connectivity index (χ4v) is 7.50. The van der Waals surface area contributed by atoms with E-state index in [9.17, 15) is 0 Å². The van der Waals surface area contributed by atoms with Gasteiger partial charge in [-0.15, -0.1) is 0 Å². The highest BCUT2D eigenvalue weighted by Crippen LogP contribution is 2.61. The van der Waals surface area contributed by atoms with Gasteiger partial charge in [-0.25, -0.2) is 0 Å². The molecule has 0 bridgehead atoms. The lowest BCUT2D eigenvalue weighted by atomic mass is 9.60. The molecule has 2 fully saturated rings. The number of hydrogen-bond donors (Lipinski definition) is 0. The first-order chi connectivity index (χ1) is 14.6. The largest absolute Gasteiger partial charge is 0.0984 e. The number of fused-ring (bicyclic) bond motifs is 4. The molecule has 5 atom stereocenters. The van der Waals surface area contributed by atoms with Gasteiger partial charge in [-0.1, -0.05) is 74.1 Å². The molecule has 4 aliphatic carbocycles. The second kappa shape index (κ2) is 8.03. The molecule has 0 radical (unpaired) electrons. The van der Waals surface area contributed by atoms with Crippen molar-refractivity contribution < 1.29 is 0 Å². The molecule has 30 heavy (non-hydrogen) atoms. The van der Waals surface area contributed by atoms with Crippen LogP contribution in [0.5, 0.6) is 0 Å². The summed E-state index contributed by atoms with van der Waals surface area (Å²) in [5.74, 6) is 3.25. The van der Waals surface area contributed by atoms with Gasteiger partial charge in [-0.05, 0) is 110 Å². The Hall–Kier alpha value is -1.82. The van der Waals surface area contributed by atoms with E-state index in [4.69, 9.17) is 0 Å². The summed E-state index contributed by atoms with van der Waals surface area (Å²) in [4.78, 5) is 0. The second-order valence-electron chi connectivity index (χ2n) is 10.6. The maximum Gasteiger partial charge on any atom is -0.00470 e. The van der Waals surface area contributed by atoms with Crippen molar-refractivity contribution in [3.05, 3.63) is 70.8 Å². The van der Waals surface area contributed by atoms with Crippen LogP contribution in [0, 0.1) is 23.2 Å². The minimum atomic E-state index is 0.397. The van der Waals surface area contributed by atoms with Gasteiger partial charge in [0.15, 0.2) is 0 Å². The molecule has 0 saturated heterocycles. The van der Waals surface area contributed by atoms with Crippen LogP contribution in [0.1, 0.15) is 94.2 Å². The second-order valence-corrected chi connectivity index (χ2v) is 10.6. The lowest BCUT2D eigenvalue weighted by molar-refractivity contribution is 0.147. The van der Waals surface area contributed by atoms with Crippen molar-refractivity contribution in [3.8, 4) is 0 Å². The average molecular weight is 399 g/mol. The Balaban J connectivity index is 1.45. The van der Waals surface area contributed by atoms with Gasteiger partial charge < -0.3 is 0 Å². The molecular weight excluding hydrogens is 360 g/mol. The van der Waals surface area contributed by atoms with E-state index in [1.807, 2.05) is 6.08 Å². The van der Waals surface area contributed by atoms with Crippen LogP contribution in [0.15, 0.2) is 54.2 Å². The van der Waals surface area contributed by atoms with Gasteiger partial charge in [0.2, 0.25) is 0 Å². The first-order valence-corrected chi connectivity index (χ1v) is 12.4. The minimum Gasteiger partial charge on any atom is -0.0984 e. The highest BCUT2D eigenvalue weighted by atomic mass is 14.5. The summed E-state index contributed by atoms with van der Waals surface area (Å²) < 4.78 is 0. The van der Waals surface area contributed by atoms with Gasteiger partial charge in [-0.2, -0.15) is 0 Å². The molecule has 4 unspecified atom stereocenters. The molecule has 158 valence electrons. The molecule has 2 saturated carbocycles. The topological polar surface area (TPSA) is 0 Å². The van der Waals surface area contributed by atoms with Gasteiger partial charge in [0.05, 0.1) is 0 Å². The Morgan fingerprint density at radius 1 is 1.07 bits per heavy atom. The molecular formula is C30H38. The highest BCUT2D eigenvalue weighted by molar-refractivity contribution is 5.65. The number of allylic oxidation sites excluding steroid dienone is 5. The lowest BCUT2D eigenvalue weighted by Gasteiger charge is -2.44. The number of rotatable bonds is 3. The standard InChI is InChI=1S/C30H38/c1-4-8-22-11-12-25(19-21(22)5-2)27-15-16-29-28(27)14-13-26-20-24-10-7-6-9-23(24)17-18-30(26,29)3/h4-5,8,11-13,19-20,23,27-29H,2,6-7,9-10,14-18H2,1,3H3/b8-4-/t23?,27?,28?,29?,30-/m0/s1. The van der Waals surface area contributed by atoms with E-state index in [1.54, 1.807) is 16.7 Å². The zero-order valence-electron chi connectivity index (χ0n) is 19.0. The van der Waals surface area contributed by atoms with Crippen LogP contribution < -0.4 is 0 Å². The lowest BCUT2D eigenvalue weighted by Crippen LogP contribution is -2.35. The van der Waals surface area contributed by atoms with E-state index < -0.39 is 0 Å². The third-order valence-corrected chi connectivity index (χ3v) is 9.16. The van der Waals surface area contributed by atoms with Crippen LogP contribution >= 0.6 is 0 Å². The van der Waals surface area contributed by atoms with Gasteiger partial charge in [0.25, 0.3) is 0 Å². The third kappa shape index (κ3) is 3.28. The van der Waals surface area contributed by atoms with Gasteiger partial charge in [0.1, 0.15) is 0 Å². The van der Waals surface area contributed by atoms with Crippen LogP contribution in [0.4, 0.5) is 0 Å². The van der Waals surface area contributed by atoms with Crippen molar-refractivity contribution in [1.29, 1.82) is 0 Å². The molecule has 0 aliphatic heterocycles. The molecule has 0 nitrogen and oxygen atoms in total. The Morgan fingerprint density at radius 3 is 2.80 bits per heavy atom. The molecule has 0 spiro atoms. The Kier molecular flexibility index (Phi) is 5.38. The molecule has 0 aromatic heterocycles. The van der Waals surface area contributed by atoms with Crippen molar-refractivity contribution >= 4 is 12.2 Å². The Labute approximate surface area is 183 Å². The summed E-state index contributed by atoms with van der Waals surface area (Å²) in [7, 11) is 0. The van der Waals surface area contributed by atoms with Crippen molar-refractivity contribution in [1.82, 2.24) is 0 Å². The Bertz CT molecular complexity index is 910. The number of benzene rings is 1. The van der Waals surface area contributed by atoms with Crippen LogP contribution in [0.25, 0.3) is 12.2 Å². The molecule has 0 N–H and O–H groups in total. The molecule has 4 aliphatic rings. The maximum absolute atomic E-state index is 4.08. The Morgan fingerprint density at radius 2 is 1.97 bits per heavy atom. The van der Waals surface area contributed by atoms with E-state index >= 15 is 0 Å². The van der Waals surface area contributed by atoms with Crippen LogP contribution in [0.3, 0.4) is 0 Å². The van der Waals surface area contributed by atoms with E-state index in [-0.39, 0.29) is 0 Å². The maximum atomic E-state index is 4.08. The molecule has 0 heteroatoms. The van der Waals surface area contributed by atoms with Crippen LogP contribution in [-0.2, 0) is 0 Å². The number of hydrogen-bond acceptors (Lipinski definition) is 0. The molecule has 0 heterocycles. The highest BCUT2D eigenvalue weighted by Gasteiger charge is 2.50. The zero-order valence-corrected chi connectivity index (χ0v) is 19.0.